The van der Waals surface area contributed by atoms with Gasteiger partial charge in [0.2, 0.25) is 5.82 Å². The summed E-state index contributed by atoms with van der Waals surface area (Å²) in [7, 11) is 0. The van der Waals surface area contributed by atoms with E-state index in [1.165, 1.54) is 0 Å². The average molecular weight is 269 g/mol. The lowest BCUT2D eigenvalue weighted by molar-refractivity contribution is -0.387. The van der Waals surface area contributed by atoms with E-state index >= 15 is 0 Å². The first-order valence-electron chi connectivity index (χ1n) is 5.34. The maximum absolute atomic E-state index is 14.0. The molecule has 0 radical (unpaired) electrons. The van der Waals surface area contributed by atoms with Crippen molar-refractivity contribution in [2.45, 2.75) is 13.3 Å². The lowest BCUT2D eigenvalue weighted by atomic mass is 10.0. The lowest BCUT2D eigenvalue weighted by Crippen LogP contribution is -1.99. The molecule has 0 aliphatic heterocycles. The molecule has 0 saturated carbocycles. The van der Waals surface area contributed by atoms with Crippen LogP contribution in [0.25, 0.3) is 11.3 Å². The molecular weight excluding hydrogens is 260 g/mol. The molecule has 0 amide bonds. The first kappa shape index (κ1) is 12.9. The number of nitro groups is 1. The van der Waals surface area contributed by atoms with E-state index in [0.29, 0.717) is 12.0 Å². The molecule has 1 aromatic heterocycles. The van der Waals surface area contributed by atoms with Crippen LogP contribution in [-0.4, -0.2) is 10.1 Å². The fraction of sp³-hybridized carbons (Fsp3) is 0.182. The summed E-state index contributed by atoms with van der Waals surface area (Å²) in [5.74, 6) is -2.51. The Kier molecular flexibility index (Phi) is 3.16. The van der Waals surface area contributed by atoms with Crippen molar-refractivity contribution in [3.63, 3.8) is 0 Å². The second kappa shape index (κ2) is 4.63. The topological polar surface area (TPSA) is 95.2 Å². The predicted octanol–water partition coefficient (Wildman–Crippen LogP) is 2.67. The van der Waals surface area contributed by atoms with Crippen molar-refractivity contribution in [1.29, 1.82) is 0 Å². The van der Waals surface area contributed by atoms with E-state index < -0.39 is 27.8 Å². The molecule has 1 aromatic carbocycles. The molecule has 8 heteroatoms. The monoisotopic (exact) mass is 269 g/mol. The first-order valence-corrected chi connectivity index (χ1v) is 5.34. The summed E-state index contributed by atoms with van der Waals surface area (Å²) < 4.78 is 32.5. The number of rotatable bonds is 3. The van der Waals surface area contributed by atoms with E-state index in [1.54, 1.807) is 6.92 Å². The van der Waals surface area contributed by atoms with E-state index in [2.05, 4.69) is 5.16 Å². The molecule has 0 fully saturated rings. The van der Waals surface area contributed by atoms with Gasteiger partial charge in [-0.15, -0.1) is 0 Å². The van der Waals surface area contributed by atoms with Gasteiger partial charge < -0.3 is 10.3 Å². The number of nitrogen functional groups attached to an aromatic ring is 1. The number of aromatic nitrogens is 1. The van der Waals surface area contributed by atoms with E-state index in [-0.39, 0.29) is 11.6 Å². The number of anilines is 1. The Morgan fingerprint density at radius 2 is 2.16 bits per heavy atom. The molecule has 2 N–H and O–H groups in total. The van der Waals surface area contributed by atoms with Crippen LogP contribution >= 0.6 is 0 Å². The predicted molar refractivity (Wildman–Crippen MR) is 62.3 cm³/mol. The van der Waals surface area contributed by atoms with Crippen molar-refractivity contribution in [3.8, 4) is 11.3 Å². The summed E-state index contributed by atoms with van der Waals surface area (Å²) in [6.45, 7) is 1.69. The molecule has 1 heterocycles. The Balaban J connectivity index is 2.74. The number of nitrogens with zero attached hydrogens (tertiary/aromatic N) is 2. The van der Waals surface area contributed by atoms with Crippen LogP contribution in [0.3, 0.4) is 0 Å². The zero-order valence-corrected chi connectivity index (χ0v) is 9.81. The van der Waals surface area contributed by atoms with E-state index in [4.69, 9.17) is 10.3 Å². The molecule has 0 spiro atoms. The third kappa shape index (κ3) is 2.01. The second-order valence-corrected chi connectivity index (χ2v) is 3.74. The molecular formula is C11H9F2N3O3. The van der Waals surface area contributed by atoms with E-state index in [1.807, 2.05) is 0 Å². The highest BCUT2D eigenvalue weighted by molar-refractivity contribution is 5.69. The second-order valence-electron chi connectivity index (χ2n) is 3.74. The molecule has 6 nitrogen and oxygen atoms in total. The number of nitrogens with two attached hydrogens (primary N) is 1. The third-order valence-electron chi connectivity index (χ3n) is 2.67. The van der Waals surface area contributed by atoms with Crippen LogP contribution in [-0.2, 0) is 6.42 Å². The first-order chi connectivity index (χ1) is 8.97. The molecule has 0 saturated heterocycles. The van der Waals surface area contributed by atoms with Crippen LogP contribution < -0.4 is 5.73 Å². The van der Waals surface area contributed by atoms with Gasteiger partial charge in [0.1, 0.15) is 5.82 Å². The summed E-state index contributed by atoms with van der Waals surface area (Å²) >= 11 is 0. The third-order valence-corrected chi connectivity index (χ3v) is 2.67. The highest BCUT2D eigenvalue weighted by atomic mass is 19.1. The van der Waals surface area contributed by atoms with Crippen LogP contribution in [0.1, 0.15) is 12.5 Å². The maximum Gasteiger partial charge on any atom is 0.305 e. The average Bonchev–Trinajstić information content (AvgIpc) is 2.70. The lowest BCUT2D eigenvalue weighted by Gasteiger charge is -2.03. The van der Waals surface area contributed by atoms with Crippen LogP contribution in [0, 0.1) is 21.7 Å². The van der Waals surface area contributed by atoms with Crippen LogP contribution in [0.15, 0.2) is 16.7 Å². The molecule has 0 bridgehead atoms. The smallest absolute Gasteiger partial charge is 0.305 e. The summed E-state index contributed by atoms with van der Waals surface area (Å²) in [6.07, 6.45) is 0.326. The van der Waals surface area contributed by atoms with Gasteiger partial charge in [0.05, 0.1) is 10.5 Å². The van der Waals surface area contributed by atoms with Crippen molar-refractivity contribution < 1.29 is 18.2 Å². The Morgan fingerprint density at radius 3 is 2.74 bits per heavy atom. The van der Waals surface area contributed by atoms with Crippen molar-refractivity contribution >= 4 is 11.5 Å². The molecule has 0 aliphatic carbocycles. The molecule has 2 rings (SSSR count). The Morgan fingerprint density at radius 1 is 1.47 bits per heavy atom. The number of nitro benzene ring substituents is 1. The minimum absolute atomic E-state index is 0.00260. The number of hydrogen-bond donors (Lipinski definition) is 1. The van der Waals surface area contributed by atoms with Gasteiger partial charge in [-0.3, -0.25) is 10.1 Å². The maximum atomic E-state index is 14.0. The number of hydrogen-bond acceptors (Lipinski definition) is 5. The molecule has 0 atom stereocenters. The summed E-state index contributed by atoms with van der Waals surface area (Å²) in [5, 5.41) is 14.1. The van der Waals surface area contributed by atoms with Crippen LogP contribution in [0.5, 0.6) is 0 Å². The standard InChI is InChI=1S/C11H9F2N3O3/c1-2-5-10(19-15-11(5)14)8-6(12)3-4-7(9(8)13)16(17)18/h3-4H,2H2,1H3,(H2,14,15). The largest absolute Gasteiger partial charge is 0.381 e. The molecule has 100 valence electrons. The summed E-state index contributed by atoms with van der Waals surface area (Å²) in [4.78, 5) is 9.71. The summed E-state index contributed by atoms with van der Waals surface area (Å²) in [6, 6.07) is 1.55. The van der Waals surface area contributed by atoms with Crippen molar-refractivity contribution in [2.75, 3.05) is 5.73 Å². The summed E-state index contributed by atoms with van der Waals surface area (Å²) in [5.41, 5.74) is 4.34. The minimum atomic E-state index is -1.31. The van der Waals surface area contributed by atoms with Crippen LogP contribution in [0.2, 0.25) is 0 Å². The molecule has 2 aromatic rings. The quantitative estimate of drug-likeness (QED) is 0.682. The van der Waals surface area contributed by atoms with Gasteiger partial charge in [-0.05, 0) is 12.5 Å². The van der Waals surface area contributed by atoms with Gasteiger partial charge in [0, 0.05) is 11.6 Å². The van der Waals surface area contributed by atoms with Gasteiger partial charge in [0.15, 0.2) is 11.6 Å². The Bertz CT molecular complexity index is 655. The van der Waals surface area contributed by atoms with Crippen LogP contribution in [0.4, 0.5) is 20.3 Å². The molecule has 19 heavy (non-hydrogen) atoms. The van der Waals surface area contributed by atoms with Crippen molar-refractivity contribution in [3.05, 3.63) is 39.4 Å². The normalized spacial score (nSPS) is 10.7. The highest BCUT2D eigenvalue weighted by Crippen LogP contribution is 2.35. The number of halogens is 2. The van der Waals surface area contributed by atoms with Gasteiger partial charge >= 0.3 is 5.69 Å². The number of benzene rings is 1. The molecule has 0 aliphatic rings. The van der Waals surface area contributed by atoms with Crippen molar-refractivity contribution in [2.24, 2.45) is 0 Å². The van der Waals surface area contributed by atoms with Gasteiger partial charge in [-0.25, -0.2) is 4.39 Å². The van der Waals surface area contributed by atoms with E-state index in [0.717, 1.165) is 12.1 Å². The minimum Gasteiger partial charge on any atom is -0.381 e. The van der Waals surface area contributed by atoms with Gasteiger partial charge in [-0.1, -0.05) is 12.1 Å². The van der Waals surface area contributed by atoms with E-state index in [9.17, 15) is 18.9 Å². The van der Waals surface area contributed by atoms with Gasteiger partial charge in [-0.2, -0.15) is 4.39 Å². The Labute approximate surface area is 106 Å². The SMILES string of the molecule is CCc1c(N)noc1-c1c(F)ccc([N+](=O)[O-])c1F. The Hall–Kier alpha value is -2.51. The van der Waals surface area contributed by atoms with Gasteiger partial charge in [0.25, 0.3) is 0 Å². The zero-order chi connectivity index (χ0) is 14.2. The fourth-order valence-corrected chi connectivity index (χ4v) is 1.75. The van der Waals surface area contributed by atoms with Crippen molar-refractivity contribution in [1.82, 2.24) is 5.16 Å². The molecule has 0 unspecified atom stereocenters. The zero-order valence-electron chi connectivity index (χ0n) is 9.81. The highest BCUT2D eigenvalue weighted by Gasteiger charge is 2.27. The fourth-order valence-electron chi connectivity index (χ4n) is 1.75.